The van der Waals surface area contributed by atoms with E-state index < -0.39 is 0 Å². The number of benzene rings is 1. The van der Waals surface area contributed by atoms with Crippen molar-refractivity contribution in [3.63, 3.8) is 0 Å². The molecule has 1 N–H and O–H groups in total. The lowest BCUT2D eigenvalue weighted by Gasteiger charge is -2.37. The van der Waals surface area contributed by atoms with Gasteiger partial charge in [-0.1, -0.05) is 15.9 Å². The van der Waals surface area contributed by atoms with Crippen molar-refractivity contribution >= 4 is 31.9 Å². The Balaban J connectivity index is 1.68. The lowest BCUT2D eigenvalue weighted by Crippen LogP contribution is -2.37. The number of fused-ring (bicyclic) bond motifs is 1. The molecule has 2 atom stereocenters. The standard InChI is InChI=1S/C19H22Br2N2O/c1-24-19-14(10-12(20)11-15(19)21)16-7-8-17(22-16)18-6-2-4-13-5-3-9-23(13)18/h7-8,10-11,13,18,22H,2-6,9H2,1H3/t13?,18-/m1/s1. The lowest BCUT2D eigenvalue weighted by molar-refractivity contribution is 0.121. The highest BCUT2D eigenvalue weighted by Crippen LogP contribution is 2.42. The van der Waals surface area contributed by atoms with Crippen LogP contribution in [0.5, 0.6) is 5.75 Å². The topological polar surface area (TPSA) is 28.3 Å². The van der Waals surface area contributed by atoms with Crippen molar-refractivity contribution in [1.82, 2.24) is 9.88 Å². The van der Waals surface area contributed by atoms with Crippen LogP contribution in [0.15, 0.2) is 33.2 Å². The Morgan fingerprint density at radius 3 is 2.79 bits per heavy atom. The monoisotopic (exact) mass is 452 g/mol. The van der Waals surface area contributed by atoms with Crippen molar-refractivity contribution < 1.29 is 4.74 Å². The molecule has 1 aromatic carbocycles. The molecule has 24 heavy (non-hydrogen) atoms. The largest absolute Gasteiger partial charge is 0.495 e. The number of methoxy groups -OCH3 is 1. The molecule has 0 radical (unpaired) electrons. The number of ether oxygens (including phenoxy) is 1. The fourth-order valence-electron chi connectivity index (χ4n) is 4.36. The summed E-state index contributed by atoms with van der Waals surface area (Å²) in [6.45, 7) is 1.25. The van der Waals surface area contributed by atoms with Gasteiger partial charge in [-0.3, -0.25) is 4.90 Å². The Hall–Kier alpha value is -0.780. The van der Waals surface area contributed by atoms with Crippen LogP contribution in [0.1, 0.15) is 43.8 Å². The Morgan fingerprint density at radius 2 is 1.96 bits per heavy atom. The molecular weight excluding hydrogens is 432 g/mol. The van der Waals surface area contributed by atoms with Crippen LogP contribution in [0.4, 0.5) is 0 Å². The Bertz CT molecular complexity index is 743. The van der Waals surface area contributed by atoms with Gasteiger partial charge in [-0.15, -0.1) is 0 Å². The molecule has 128 valence electrons. The van der Waals surface area contributed by atoms with Crippen LogP contribution < -0.4 is 4.74 Å². The molecule has 2 aromatic rings. The SMILES string of the molecule is COc1c(Br)cc(Br)cc1-c1ccc([C@H]2CCCC3CCCN32)[nH]1. The molecule has 1 unspecified atom stereocenters. The summed E-state index contributed by atoms with van der Waals surface area (Å²) in [6.07, 6.45) is 6.69. The summed E-state index contributed by atoms with van der Waals surface area (Å²) in [4.78, 5) is 6.39. The number of nitrogens with zero attached hydrogens (tertiary/aromatic N) is 1. The van der Waals surface area contributed by atoms with Gasteiger partial charge in [0.15, 0.2) is 0 Å². The molecule has 2 saturated heterocycles. The molecule has 2 aliphatic heterocycles. The molecule has 4 rings (SSSR count). The van der Waals surface area contributed by atoms with E-state index in [4.69, 9.17) is 4.74 Å². The smallest absolute Gasteiger partial charge is 0.142 e. The second kappa shape index (κ2) is 6.85. The third-order valence-corrected chi connectivity index (χ3v) is 6.46. The highest BCUT2D eigenvalue weighted by molar-refractivity contribution is 9.11. The number of halogens is 2. The van der Waals surface area contributed by atoms with Crippen LogP contribution in [0.2, 0.25) is 0 Å². The maximum atomic E-state index is 5.61. The second-order valence-electron chi connectivity index (χ2n) is 6.78. The average Bonchev–Trinajstić information content (AvgIpc) is 3.23. The number of nitrogens with one attached hydrogen (secondary N) is 1. The van der Waals surface area contributed by atoms with Crippen molar-refractivity contribution in [3.8, 4) is 17.0 Å². The zero-order chi connectivity index (χ0) is 16.7. The van der Waals surface area contributed by atoms with Gasteiger partial charge >= 0.3 is 0 Å². The summed E-state index contributed by atoms with van der Waals surface area (Å²) in [5, 5.41) is 0. The fraction of sp³-hybridized carbons (Fsp3) is 0.474. The minimum Gasteiger partial charge on any atom is -0.495 e. The first-order chi connectivity index (χ1) is 11.7. The van der Waals surface area contributed by atoms with Crippen LogP contribution >= 0.6 is 31.9 Å². The van der Waals surface area contributed by atoms with Gasteiger partial charge in [-0.05, 0) is 78.8 Å². The Morgan fingerprint density at radius 1 is 1.12 bits per heavy atom. The molecule has 0 aliphatic carbocycles. The van der Waals surface area contributed by atoms with Gasteiger partial charge in [0.05, 0.1) is 17.6 Å². The first-order valence-electron chi connectivity index (χ1n) is 8.65. The molecular formula is C19H22Br2N2O. The van der Waals surface area contributed by atoms with E-state index >= 15 is 0 Å². The Labute approximate surface area is 160 Å². The van der Waals surface area contributed by atoms with Crippen LogP contribution in [-0.4, -0.2) is 29.6 Å². The molecule has 0 saturated carbocycles. The molecule has 0 spiro atoms. The van der Waals surface area contributed by atoms with Crippen LogP contribution in [0.25, 0.3) is 11.3 Å². The van der Waals surface area contributed by atoms with E-state index in [9.17, 15) is 0 Å². The first kappa shape index (κ1) is 16.7. The van der Waals surface area contributed by atoms with Gasteiger partial charge in [0, 0.05) is 27.5 Å². The van der Waals surface area contributed by atoms with Crippen molar-refractivity contribution in [1.29, 1.82) is 0 Å². The molecule has 5 heteroatoms. The minimum absolute atomic E-state index is 0.543. The zero-order valence-electron chi connectivity index (χ0n) is 13.8. The van der Waals surface area contributed by atoms with Crippen LogP contribution in [-0.2, 0) is 0 Å². The summed E-state index contributed by atoms with van der Waals surface area (Å²) in [6, 6.07) is 9.91. The minimum atomic E-state index is 0.543. The predicted molar refractivity (Wildman–Crippen MR) is 105 cm³/mol. The molecule has 2 fully saturated rings. The third kappa shape index (κ3) is 2.95. The molecule has 0 amide bonds. The third-order valence-electron chi connectivity index (χ3n) is 5.41. The predicted octanol–water partition coefficient (Wildman–Crippen LogP) is 5.90. The number of hydrogen-bond donors (Lipinski definition) is 1. The lowest BCUT2D eigenvalue weighted by atomic mass is 9.95. The summed E-state index contributed by atoms with van der Waals surface area (Å²) in [7, 11) is 1.72. The number of aromatic amines is 1. The van der Waals surface area contributed by atoms with Crippen molar-refractivity contribution in [2.24, 2.45) is 0 Å². The first-order valence-corrected chi connectivity index (χ1v) is 10.2. The average molecular weight is 454 g/mol. The van der Waals surface area contributed by atoms with E-state index in [0.717, 1.165) is 32.0 Å². The number of hydrogen-bond acceptors (Lipinski definition) is 2. The van der Waals surface area contributed by atoms with Gasteiger partial charge in [0.25, 0.3) is 0 Å². The highest BCUT2D eigenvalue weighted by atomic mass is 79.9. The number of H-pyrrole nitrogens is 1. The van der Waals surface area contributed by atoms with Crippen molar-refractivity contribution in [2.75, 3.05) is 13.7 Å². The van der Waals surface area contributed by atoms with Crippen LogP contribution in [0, 0.1) is 0 Å². The maximum Gasteiger partial charge on any atom is 0.142 e. The molecule has 3 nitrogen and oxygen atoms in total. The number of rotatable bonds is 3. The normalized spacial score (nSPS) is 24.1. The van der Waals surface area contributed by atoms with Gasteiger partial charge in [0.2, 0.25) is 0 Å². The Kier molecular flexibility index (Phi) is 4.76. The quantitative estimate of drug-likeness (QED) is 0.626. The van der Waals surface area contributed by atoms with E-state index in [1.165, 1.54) is 44.3 Å². The summed E-state index contributed by atoms with van der Waals surface area (Å²) >= 11 is 7.18. The van der Waals surface area contributed by atoms with Gasteiger partial charge in [-0.2, -0.15) is 0 Å². The highest BCUT2D eigenvalue weighted by Gasteiger charge is 2.35. The van der Waals surface area contributed by atoms with E-state index in [1.807, 2.05) is 6.07 Å². The van der Waals surface area contributed by atoms with E-state index in [0.29, 0.717) is 6.04 Å². The number of aromatic nitrogens is 1. The van der Waals surface area contributed by atoms with Crippen molar-refractivity contribution in [3.05, 3.63) is 38.9 Å². The fourth-order valence-corrected chi connectivity index (χ4v) is 5.74. The van der Waals surface area contributed by atoms with E-state index in [1.54, 1.807) is 7.11 Å². The number of piperidine rings is 1. The van der Waals surface area contributed by atoms with Gasteiger partial charge in [-0.25, -0.2) is 0 Å². The van der Waals surface area contributed by atoms with E-state index in [2.05, 4.69) is 59.9 Å². The summed E-state index contributed by atoms with van der Waals surface area (Å²) in [5.41, 5.74) is 3.54. The summed E-state index contributed by atoms with van der Waals surface area (Å²) in [5.74, 6) is 0.870. The molecule has 0 bridgehead atoms. The molecule has 1 aromatic heterocycles. The van der Waals surface area contributed by atoms with E-state index in [-0.39, 0.29) is 0 Å². The van der Waals surface area contributed by atoms with Crippen molar-refractivity contribution in [2.45, 2.75) is 44.2 Å². The maximum absolute atomic E-state index is 5.61. The second-order valence-corrected chi connectivity index (χ2v) is 8.55. The summed E-state index contributed by atoms with van der Waals surface area (Å²) < 4.78 is 7.61. The van der Waals surface area contributed by atoms with Crippen LogP contribution in [0.3, 0.4) is 0 Å². The molecule has 3 heterocycles. The van der Waals surface area contributed by atoms with Gasteiger partial charge < -0.3 is 9.72 Å². The zero-order valence-corrected chi connectivity index (χ0v) is 17.0. The molecule has 2 aliphatic rings. The van der Waals surface area contributed by atoms with Gasteiger partial charge in [0.1, 0.15) is 5.75 Å².